The van der Waals surface area contributed by atoms with E-state index >= 15 is 4.39 Å². The highest BCUT2D eigenvalue weighted by atomic mass is 31.8. The molecular weight excluding hydrogens is 532 g/mol. The smallest absolute Gasteiger partial charge is 0.387 e. The largest absolute Gasteiger partial charge is 0.488 e. The van der Waals surface area contributed by atoms with Crippen molar-refractivity contribution in [3.63, 3.8) is 0 Å². The van der Waals surface area contributed by atoms with Crippen LogP contribution in [0.1, 0.15) is 13.2 Å². The Morgan fingerprint density at radius 3 is 2.41 bits per heavy atom. The number of phosphoric ester groups is 1. The summed E-state index contributed by atoms with van der Waals surface area (Å²) in [6.45, 7) is -1.06. The maximum absolute atomic E-state index is 15.1. The zero-order valence-corrected chi connectivity index (χ0v) is 19.3. The summed E-state index contributed by atoms with van der Waals surface area (Å²) in [7, 11) is -13.7. The van der Waals surface area contributed by atoms with Gasteiger partial charge in [-0.05, 0) is 15.5 Å². The number of phosphoric acid groups is 2. The van der Waals surface area contributed by atoms with E-state index in [0.717, 1.165) is 6.92 Å². The van der Waals surface area contributed by atoms with Crippen LogP contribution in [0.2, 0.25) is 0 Å². The van der Waals surface area contributed by atoms with E-state index < -0.39 is 71.0 Å². The normalized spacial score (nSPS) is 31.1. The fourth-order valence-electron chi connectivity index (χ4n) is 2.64. The molecule has 1 aromatic rings. The number of ether oxygens (including phenoxy) is 1. The van der Waals surface area contributed by atoms with Gasteiger partial charge in [-0.15, -0.1) is 0 Å². The first-order valence-electron chi connectivity index (χ1n) is 8.04. The summed E-state index contributed by atoms with van der Waals surface area (Å²) >= 11 is 0. The zero-order valence-electron chi connectivity index (χ0n) is 15.6. The fraction of sp³-hybridized carbons (Fsp3) is 0.700. The maximum atomic E-state index is 15.1. The van der Waals surface area contributed by atoms with Gasteiger partial charge in [0.05, 0.1) is 6.10 Å². The van der Waals surface area contributed by atoms with Gasteiger partial charge in [-0.25, -0.2) is 27.0 Å². The van der Waals surface area contributed by atoms with Crippen LogP contribution < -0.4 is 11.2 Å². The minimum absolute atomic E-state index is 0.170. The first-order valence-corrected chi connectivity index (χ1v) is 14.0. The third-order valence-corrected chi connectivity index (χ3v) is 8.57. The molecule has 0 amide bonds. The third kappa shape index (κ3) is 6.45. The van der Waals surface area contributed by atoms with Gasteiger partial charge in [0.1, 0.15) is 25.1 Å². The van der Waals surface area contributed by atoms with Gasteiger partial charge in [0.2, 0.25) is 5.67 Å². The molecule has 2 heterocycles. The van der Waals surface area contributed by atoms with E-state index in [0.29, 0.717) is 6.20 Å². The molecule has 16 nitrogen and oxygen atoms in total. The van der Waals surface area contributed by atoms with Gasteiger partial charge in [-0.3, -0.25) is 14.3 Å². The van der Waals surface area contributed by atoms with Gasteiger partial charge < -0.3 is 29.4 Å². The first kappa shape index (κ1) is 27.5. The quantitative estimate of drug-likeness (QED) is 0.209. The van der Waals surface area contributed by atoms with Crippen LogP contribution >= 0.6 is 31.4 Å². The molecule has 32 heavy (non-hydrogen) atoms. The molecule has 1 aliphatic rings. The van der Waals surface area contributed by atoms with Gasteiger partial charge in [0.25, 0.3) is 12.8 Å². The van der Waals surface area contributed by atoms with E-state index in [1.54, 1.807) is 4.98 Å². The number of rotatable bonds is 9. The second kappa shape index (κ2) is 9.51. The number of aliphatic hydroxyl groups excluding tert-OH is 1. The lowest BCUT2D eigenvalue weighted by Gasteiger charge is -2.26. The summed E-state index contributed by atoms with van der Waals surface area (Å²) in [4.78, 5) is 61.5. The van der Waals surface area contributed by atoms with Crippen molar-refractivity contribution in [2.75, 3.05) is 6.67 Å². The molecule has 184 valence electrons. The molecule has 1 fully saturated rings. The summed E-state index contributed by atoms with van der Waals surface area (Å²) < 4.78 is 69.5. The number of aliphatic hydroxyl groups is 1. The van der Waals surface area contributed by atoms with Gasteiger partial charge >= 0.3 is 21.3 Å². The number of nitrogens with one attached hydrogen (secondary N) is 1. The van der Waals surface area contributed by atoms with Gasteiger partial charge in [-0.1, -0.05) is 0 Å². The monoisotopic (exact) mass is 549 g/mol. The SMILES string of the molecule is C[C@H](OP(=O)(O)OP(=O)(O)OP(O)(O)=P)[C@H]1O[C@@H](n2ncc(=O)[nH]c2=O)C(F)(CF)[C@H]1O. The van der Waals surface area contributed by atoms with Crippen molar-refractivity contribution in [3.05, 3.63) is 27.0 Å². The van der Waals surface area contributed by atoms with Crippen molar-refractivity contribution in [3.8, 4) is 0 Å². The molecule has 6 N–H and O–H groups in total. The molecule has 7 atom stereocenters. The number of aromatic nitrogens is 3. The van der Waals surface area contributed by atoms with Crippen molar-refractivity contribution in [1.29, 1.82) is 0 Å². The number of nitrogens with zero attached hydrogens (tertiary/aromatic N) is 2. The number of halogens is 2. The van der Waals surface area contributed by atoms with E-state index in [2.05, 4.69) is 26.8 Å². The molecular formula is C10H17F2N3O13P4. The maximum Gasteiger partial charge on any atom is 0.488 e. The molecule has 22 heteroatoms. The van der Waals surface area contributed by atoms with Crippen molar-refractivity contribution >= 4 is 31.4 Å². The zero-order chi connectivity index (χ0) is 24.7. The Morgan fingerprint density at radius 2 is 1.91 bits per heavy atom. The number of alkyl halides is 2. The molecule has 3 unspecified atom stereocenters. The van der Waals surface area contributed by atoms with Crippen LogP contribution in [0.15, 0.2) is 15.8 Å². The lowest BCUT2D eigenvalue weighted by atomic mass is 9.95. The Labute approximate surface area is 178 Å². The van der Waals surface area contributed by atoms with Crippen LogP contribution in [0.25, 0.3) is 0 Å². The van der Waals surface area contributed by atoms with Crippen molar-refractivity contribution in [2.45, 2.75) is 37.1 Å². The van der Waals surface area contributed by atoms with Crippen LogP contribution in [0.5, 0.6) is 0 Å². The summed E-state index contributed by atoms with van der Waals surface area (Å²) in [5.74, 6) is 0. The Hall–Kier alpha value is -0.700. The van der Waals surface area contributed by atoms with Crippen molar-refractivity contribution < 1.29 is 60.5 Å². The van der Waals surface area contributed by atoms with E-state index in [-0.39, 0.29) is 4.68 Å². The first-order chi connectivity index (χ1) is 14.4. The standard InChI is InChI=1S/C10H17F2N3O13P4/c1-4(26-30(19,20)27-31(21,22)28-32(23,24)29)6-7(17)10(12,3-11)8(25-6)15-9(18)14-5(16)2-13-15/h2,4,6-8,17,23-24,29H,3H2,1H3,(H,19,20)(H,21,22)(H,14,16,18)/t4-,6+,7-,8+,10?/m0/s1. The molecule has 2 rings (SSSR count). The van der Waals surface area contributed by atoms with E-state index in [4.69, 9.17) is 14.5 Å². The van der Waals surface area contributed by atoms with Crippen molar-refractivity contribution in [2.24, 2.45) is 0 Å². The minimum Gasteiger partial charge on any atom is -0.387 e. The Kier molecular flexibility index (Phi) is 8.19. The second-order valence-electron chi connectivity index (χ2n) is 6.30. The highest BCUT2D eigenvalue weighted by Crippen LogP contribution is 2.68. The molecule has 0 bridgehead atoms. The highest BCUT2D eigenvalue weighted by Gasteiger charge is 2.61. The summed E-state index contributed by atoms with van der Waals surface area (Å²) in [6, 6.07) is 0. The molecule has 1 aliphatic heterocycles. The molecule has 1 aromatic heterocycles. The number of H-pyrrole nitrogens is 1. The molecule has 0 radical (unpaired) electrons. The lowest BCUT2D eigenvalue weighted by Crippen LogP contribution is -2.49. The average Bonchev–Trinajstić information content (AvgIpc) is 2.84. The predicted molar refractivity (Wildman–Crippen MR) is 101 cm³/mol. The molecule has 1 saturated heterocycles. The number of aromatic amines is 1. The van der Waals surface area contributed by atoms with Crippen LogP contribution in [-0.2, 0) is 27.0 Å². The fourth-order valence-corrected chi connectivity index (χ4v) is 6.84. The third-order valence-electron chi connectivity index (χ3n) is 3.85. The topological polar surface area (TPSA) is 240 Å². The van der Waals surface area contributed by atoms with Crippen molar-refractivity contribution in [1.82, 2.24) is 14.8 Å². The van der Waals surface area contributed by atoms with Gasteiger partial charge in [0.15, 0.2) is 6.23 Å². The molecule has 0 saturated carbocycles. The van der Waals surface area contributed by atoms with Gasteiger partial charge in [0, 0.05) is 0 Å². The lowest BCUT2D eigenvalue weighted by molar-refractivity contribution is -0.0919. The summed E-state index contributed by atoms with van der Waals surface area (Å²) in [6.07, 6.45) is -8.04. The van der Waals surface area contributed by atoms with Crippen LogP contribution in [0.3, 0.4) is 0 Å². The molecule has 0 spiro atoms. The van der Waals surface area contributed by atoms with Gasteiger partial charge in [-0.2, -0.15) is 14.1 Å². The molecule has 0 aromatic carbocycles. The second-order valence-corrected chi connectivity index (χ2v) is 12.5. The minimum atomic E-state index is -5.61. The number of hydrogen-bond donors (Lipinski definition) is 6. The summed E-state index contributed by atoms with van der Waals surface area (Å²) in [5.41, 5.74) is -5.65. The van der Waals surface area contributed by atoms with E-state index in [9.17, 15) is 38.0 Å². The van der Waals surface area contributed by atoms with E-state index in [1.807, 2.05) is 0 Å². The average molecular weight is 549 g/mol. The molecule has 0 aliphatic carbocycles. The van der Waals surface area contributed by atoms with Crippen LogP contribution in [0, 0.1) is 0 Å². The van der Waals surface area contributed by atoms with E-state index in [1.165, 1.54) is 0 Å². The summed E-state index contributed by atoms with van der Waals surface area (Å²) in [5, 5.41) is 13.5. The number of hydrogen-bond acceptors (Lipinski definition) is 10. The van der Waals surface area contributed by atoms with Crippen LogP contribution in [-0.4, -0.2) is 70.1 Å². The highest BCUT2D eigenvalue weighted by molar-refractivity contribution is 7.91. The Balaban J connectivity index is 2.26. The Bertz CT molecular complexity index is 1110. The Morgan fingerprint density at radius 1 is 1.31 bits per heavy atom. The predicted octanol–water partition coefficient (Wildman–Crippen LogP) is -0.688. The van der Waals surface area contributed by atoms with Crippen LogP contribution in [0.4, 0.5) is 8.78 Å².